The summed E-state index contributed by atoms with van der Waals surface area (Å²) in [6.07, 6.45) is 6.09. The zero-order valence-electron chi connectivity index (χ0n) is 14.9. The molecule has 6 heteroatoms. The highest BCUT2D eigenvalue weighted by Crippen LogP contribution is 2.32. The number of nitrogens with zero attached hydrogens (tertiary/aromatic N) is 1. The topological polar surface area (TPSA) is 71.4 Å². The Kier molecular flexibility index (Phi) is 5.07. The second kappa shape index (κ2) is 7.47. The molecular weight excluding hydrogens is 348 g/mol. The van der Waals surface area contributed by atoms with E-state index in [4.69, 9.17) is 4.74 Å². The zero-order valence-corrected chi connectivity index (χ0v) is 15.7. The van der Waals surface area contributed by atoms with Gasteiger partial charge in [0.15, 0.2) is 5.78 Å². The number of aryl methyl sites for hydroxylation is 2. The van der Waals surface area contributed by atoms with Gasteiger partial charge in [-0.05, 0) is 50.8 Å². The Hall–Kier alpha value is -1.76. The van der Waals surface area contributed by atoms with Gasteiger partial charge in [-0.15, -0.1) is 11.3 Å². The average Bonchev–Trinajstić information content (AvgIpc) is 3.19. The van der Waals surface area contributed by atoms with Crippen LogP contribution in [-0.2, 0) is 6.42 Å². The molecule has 5 nitrogen and oxygen atoms in total. The van der Waals surface area contributed by atoms with Crippen LogP contribution in [0.2, 0.25) is 0 Å². The molecule has 26 heavy (non-hydrogen) atoms. The van der Waals surface area contributed by atoms with Gasteiger partial charge in [-0.3, -0.25) is 9.78 Å². The summed E-state index contributed by atoms with van der Waals surface area (Å²) >= 11 is 1.74. The van der Waals surface area contributed by atoms with E-state index >= 15 is 0 Å². The third-order valence-electron chi connectivity index (χ3n) is 5.41. The molecule has 4 atom stereocenters. The summed E-state index contributed by atoms with van der Waals surface area (Å²) in [5.41, 5.74) is 0.913. The molecule has 0 amide bonds. The number of ketones is 1. The first-order chi connectivity index (χ1) is 12.6. The second-order valence-corrected chi connectivity index (χ2v) is 8.56. The van der Waals surface area contributed by atoms with Crippen molar-refractivity contribution in [1.82, 2.24) is 10.3 Å². The van der Waals surface area contributed by atoms with Gasteiger partial charge in [-0.25, -0.2) is 0 Å². The summed E-state index contributed by atoms with van der Waals surface area (Å²) < 4.78 is 5.88. The number of fused-ring (bicyclic) bond motifs is 1. The van der Waals surface area contributed by atoms with Gasteiger partial charge in [-0.2, -0.15) is 0 Å². The van der Waals surface area contributed by atoms with E-state index in [1.807, 2.05) is 6.07 Å². The Balaban J connectivity index is 1.32. The smallest absolute Gasteiger partial charge is 0.168 e. The maximum atomic E-state index is 12.7. The molecule has 1 saturated carbocycles. The third kappa shape index (κ3) is 3.54. The number of aliphatic hydroxyl groups excluding tert-OH is 1. The highest BCUT2D eigenvalue weighted by atomic mass is 32.1. The number of aliphatic hydroxyl groups is 1. The average molecular weight is 372 g/mol. The summed E-state index contributed by atoms with van der Waals surface area (Å²) in [5.74, 6) is 0.983. The predicted octanol–water partition coefficient (Wildman–Crippen LogP) is 2.76. The maximum Gasteiger partial charge on any atom is 0.168 e. The number of aromatic nitrogens is 1. The fourth-order valence-electron chi connectivity index (χ4n) is 3.99. The zero-order chi connectivity index (χ0) is 18.1. The molecule has 2 aromatic rings. The van der Waals surface area contributed by atoms with Crippen LogP contribution in [0, 0.1) is 12.8 Å². The molecule has 2 aliphatic rings. The van der Waals surface area contributed by atoms with Crippen molar-refractivity contribution >= 4 is 17.1 Å². The lowest BCUT2D eigenvalue weighted by Crippen LogP contribution is -2.44. The molecule has 0 aliphatic heterocycles. The van der Waals surface area contributed by atoms with Crippen molar-refractivity contribution in [3.05, 3.63) is 45.9 Å². The number of rotatable bonds is 5. The molecule has 0 aromatic carbocycles. The van der Waals surface area contributed by atoms with E-state index in [1.165, 1.54) is 9.75 Å². The normalized spacial score (nSPS) is 28.2. The molecule has 2 aromatic heterocycles. The number of carbonyl (C=O) groups excluding carboxylic acids is 1. The monoisotopic (exact) mass is 372 g/mol. The van der Waals surface area contributed by atoms with Crippen LogP contribution in [0.3, 0.4) is 0 Å². The first-order valence-electron chi connectivity index (χ1n) is 9.23. The van der Waals surface area contributed by atoms with Crippen LogP contribution in [0.25, 0.3) is 0 Å². The number of nitrogens with one attached hydrogen (secondary N) is 1. The predicted molar refractivity (Wildman–Crippen MR) is 101 cm³/mol. The Morgan fingerprint density at radius 2 is 2.12 bits per heavy atom. The van der Waals surface area contributed by atoms with Crippen LogP contribution < -0.4 is 10.1 Å². The largest absolute Gasteiger partial charge is 0.488 e. The van der Waals surface area contributed by atoms with E-state index in [2.05, 4.69) is 17.2 Å². The van der Waals surface area contributed by atoms with Crippen LogP contribution in [0.5, 0.6) is 5.75 Å². The second-order valence-electron chi connectivity index (χ2n) is 7.22. The van der Waals surface area contributed by atoms with Gasteiger partial charge >= 0.3 is 0 Å². The molecule has 4 unspecified atom stereocenters. The first kappa shape index (κ1) is 17.6. The standard InChI is InChI=1S/C20H24N2O3S/c1-12-10-15-18(26-12)5-2-13(19(15)23)11-22-16-3-4-17(20(16)24)25-14-6-8-21-9-7-14/h6-10,13,16-17,20,22,24H,2-5,11H2,1H3. The van der Waals surface area contributed by atoms with Crippen molar-refractivity contribution in [3.8, 4) is 5.75 Å². The number of ether oxygens (including phenoxy) is 1. The Bertz CT molecular complexity index is 777. The third-order valence-corrected chi connectivity index (χ3v) is 6.52. The summed E-state index contributed by atoms with van der Waals surface area (Å²) in [7, 11) is 0. The summed E-state index contributed by atoms with van der Waals surface area (Å²) in [6.45, 7) is 2.68. The fraction of sp³-hybridized carbons (Fsp3) is 0.500. The van der Waals surface area contributed by atoms with Crippen molar-refractivity contribution in [2.45, 2.75) is 50.9 Å². The van der Waals surface area contributed by atoms with Crippen molar-refractivity contribution in [2.24, 2.45) is 5.92 Å². The lowest BCUT2D eigenvalue weighted by atomic mass is 9.87. The lowest BCUT2D eigenvalue weighted by Gasteiger charge is -2.25. The first-order valence-corrected chi connectivity index (χ1v) is 10.0. The summed E-state index contributed by atoms with van der Waals surface area (Å²) in [4.78, 5) is 19.1. The maximum absolute atomic E-state index is 12.7. The minimum atomic E-state index is -0.569. The van der Waals surface area contributed by atoms with Crippen LogP contribution >= 0.6 is 11.3 Å². The molecule has 0 spiro atoms. The molecule has 0 radical (unpaired) electrons. The number of Topliss-reactive ketones (excluding diaryl/α,β-unsaturated/α-hetero) is 1. The number of pyridine rings is 1. The van der Waals surface area contributed by atoms with Crippen molar-refractivity contribution in [3.63, 3.8) is 0 Å². The summed E-state index contributed by atoms with van der Waals surface area (Å²) in [6, 6.07) is 5.60. The van der Waals surface area contributed by atoms with Gasteiger partial charge in [0.1, 0.15) is 18.0 Å². The van der Waals surface area contributed by atoms with Crippen LogP contribution in [-0.4, -0.2) is 40.7 Å². The fourth-order valence-corrected chi connectivity index (χ4v) is 5.04. The van der Waals surface area contributed by atoms with Crippen molar-refractivity contribution < 1.29 is 14.6 Å². The highest BCUT2D eigenvalue weighted by molar-refractivity contribution is 7.12. The van der Waals surface area contributed by atoms with Crippen LogP contribution in [0.4, 0.5) is 0 Å². The van der Waals surface area contributed by atoms with Gasteiger partial charge in [0, 0.05) is 46.2 Å². The van der Waals surface area contributed by atoms with Gasteiger partial charge in [0.05, 0.1) is 0 Å². The van der Waals surface area contributed by atoms with E-state index in [9.17, 15) is 9.90 Å². The minimum Gasteiger partial charge on any atom is -0.488 e. The molecule has 2 N–H and O–H groups in total. The van der Waals surface area contributed by atoms with Crippen LogP contribution in [0.15, 0.2) is 30.6 Å². The van der Waals surface area contributed by atoms with E-state index in [-0.39, 0.29) is 23.8 Å². The molecular formula is C20H24N2O3S. The van der Waals surface area contributed by atoms with E-state index < -0.39 is 6.10 Å². The van der Waals surface area contributed by atoms with E-state index in [1.54, 1.807) is 35.9 Å². The number of carbonyl (C=O) groups is 1. The van der Waals surface area contributed by atoms with Gasteiger partial charge < -0.3 is 15.2 Å². The Morgan fingerprint density at radius 3 is 2.92 bits per heavy atom. The molecule has 1 fully saturated rings. The Morgan fingerprint density at radius 1 is 1.31 bits per heavy atom. The molecule has 0 bridgehead atoms. The molecule has 2 aliphatic carbocycles. The molecule has 4 rings (SSSR count). The van der Waals surface area contributed by atoms with Gasteiger partial charge in [0.2, 0.25) is 0 Å². The minimum absolute atomic E-state index is 0.00358. The number of thiophene rings is 1. The summed E-state index contributed by atoms with van der Waals surface area (Å²) in [5, 5.41) is 14.0. The van der Waals surface area contributed by atoms with Crippen molar-refractivity contribution in [1.29, 1.82) is 0 Å². The molecule has 138 valence electrons. The van der Waals surface area contributed by atoms with Crippen LogP contribution in [0.1, 0.15) is 39.4 Å². The quantitative estimate of drug-likeness (QED) is 0.844. The number of hydrogen-bond acceptors (Lipinski definition) is 6. The van der Waals surface area contributed by atoms with Gasteiger partial charge in [0.25, 0.3) is 0 Å². The van der Waals surface area contributed by atoms with E-state index in [0.29, 0.717) is 6.54 Å². The molecule has 2 heterocycles. The lowest BCUT2D eigenvalue weighted by molar-refractivity contribution is 0.0441. The highest BCUT2D eigenvalue weighted by Gasteiger charge is 2.37. The SMILES string of the molecule is Cc1cc2c(s1)CCC(CNC1CCC(Oc3ccncc3)C1O)C2=O. The van der Waals surface area contributed by atoms with Gasteiger partial charge in [-0.1, -0.05) is 0 Å². The molecule has 0 saturated heterocycles. The van der Waals surface area contributed by atoms with E-state index in [0.717, 1.165) is 37.0 Å². The van der Waals surface area contributed by atoms with Crippen molar-refractivity contribution in [2.75, 3.05) is 6.54 Å². The Labute approximate surface area is 157 Å². The number of hydrogen-bond donors (Lipinski definition) is 2.